The van der Waals surface area contributed by atoms with E-state index in [9.17, 15) is 14.7 Å². The highest BCUT2D eigenvalue weighted by Crippen LogP contribution is 2.22. The maximum Gasteiger partial charge on any atom is 0.308 e. The van der Waals surface area contributed by atoms with Crippen LogP contribution in [0, 0.1) is 5.92 Å². The molecule has 2 atom stereocenters. The number of carboxylic acid groups (broad SMARTS) is 1. The summed E-state index contributed by atoms with van der Waals surface area (Å²) in [4.78, 5) is 27.7. The average molecular weight is 312 g/mol. The van der Waals surface area contributed by atoms with E-state index in [4.69, 9.17) is 0 Å². The van der Waals surface area contributed by atoms with Gasteiger partial charge in [-0.15, -0.1) is 0 Å². The minimum Gasteiger partial charge on any atom is -0.481 e. The Labute approximate surface area is 135 Å². The van der Waals surface area contributed by atoms with E-state index in [1.54, 1.807) is 13.1 Å². The van der Waals surface area contributed by atoms with E-state index in [0.717, 1.165) is 11.3 Å². The van der Waals surface area contributed by atoms with Crippen LogP contribution in [0.15, 0.2) is 54.7 Å². The molecule has 5 nitrogen and oxygen atoms in total. The third-order valence-corrected chi connectivity index (χ3v) is 3.70. The van der Waals surface area contributed by atoms with E-state index in [1.165, 1.54) is 0 Å². The summed E-state index contributed by atoms with van der Waals surface area (Å²) in [5.74, 6) is -1.84. The van der Waals surface area contributed by atoms with E-state index in [1.807, 2.05) is 48.5 Å². The van der Waals surface area contributed by atoms with Crippen LogP contribution < -0.4 is 5.32 Å². The van der Waals surface area contributed by atoms with Gasteiger partial charge in [-0.05, 0) is 31.0 Å². The molecule has 23 heavy (non-hydrogen) atoms. The normalized spacial score (nSPS) is 13.1. The molecule has 0 bridgehead atoms. The number of carbonyl (C=O) groups excluding carboxylic acids is 1. The van der Waals surface area contributed by atoms with E-state index in [-0.39, 0.29) is 12.3 Å². The molecule has 1 aromatic carbocycles. The number of carbonyl (C=O) groups is 2. The zero-order valence-corrected chi connectivity index (χ0v) is 13.0. The Morgan fingerprint density at radius 2 is 1.83 bits per heavy atom. The van der Waals surface area contributed by atoms with Crippen molar-refractivity contribution in [3.63, 3.8) is 0 Å². The van der Waals surface area contributed by atoms with E-state index in [2.05, 4.69) is 10.3 Å². The lowest BCUT2D eigenvalue weighted by Gasteiger charge is -2.23. The second-order valence-corrected chi connectivity index (χ2v) is 5.40. The molecule has 0 radical (unpaired) electrons. The van der Waals surface area contributed by atoms with Crippen LogP contribution in [0.5, 0.6) is 0 Å². The zero-order chi connectivity index (χ0) is 16.7. The summed E-state index contributed by atoms with van der Waals surface area (Å²) < 4.78 is 0. The number of aliphatic carboxylic acids is 1. The fourth-order valence-corrected chi connectivity index (χ4v) is 2.33. The predicted molar refractivity (Wildman–Crippen MR) is 86.7 cm³/mol. The summed E-state index contributed by atoms with van der Waals surface area (Å²) >= 11 is 0. The second kappa shape index (κ2) is 8.08. The Kier molecular flexibility index (Phi) is 5.86. The average Bonchev–Trinajstić information content (AvgIpc) is 2.59. The van der Waals surface area contributed by atoms with Gasteiger partial charge in [0.1, 0.15) is 0 Å². The van der Waals surface area contributed by atoms with Gasteiger partial charge in [0.25, 0.3) is 0 Å². The highest BCUT2D eigenvalue weighted by molar-refractivity contribution is 5.78. The fraction of sp³-hybridized carbons (Fsp3) is 0.278. The summed E-state index contributed by atoms with van der Waals surface area (Å²) in [7, 11) is 0. The van der Waals surface area contributed by atoms with Crippen LogP contribution in [0.25, 0.3) is 0 Å². The summed E-state index contributed by atoms with van der Waals surface area (Å²) in [6, 6.07) is 14.2. The molecular formula is C18H20N2O3. The van der Waals surface area contributed by atoms with Gasteiger partial charge >= 0.3 is 5.97 Å². The van der Waals surface area contributed by atoms with Crippen LogP contribution in [0.2, 0.25) is 0 Å². The molecule has 1 heterocycles. The first-order chi connectivity index (χ1) is 11.1. The second-order valence-electron chi connectivity index (χ2n) is 5.40. The highest BCUT2D eigenvalue weighted by Gasteiger charge is 2.26. The molecule has 0 aliphatic rings. The largest absolute Gasteiger partial charge is 0.481 e. The standard InChI is InChI=1S/C18H20N2O3/c1-13(18(22)23)17(14-7-3-2-4-8-14)20-16(21)11-10-15-9-5-6-12-19-15/h2-9,12-13,17H,10-11H2,1H3,(H,20,21)(H,22,23). The fourth-order valence-electron chi connectivity index (χ4n) is 2.33. The Balaban J connectivity index is 2.02. The number of carboxylic acids is 1. The molecular weight excluding hydrogens is 292 g/mol. The summed E-state index contributed by atoms with van der Waals surface area (Å²) in [6.45, 7) is 1.60. The molecule has 120 valence electrons. The van der Waals surface area contributed by atoms with Crippen molar-refractivity contribution in [3.8, 4) is 0 Å². The van der Waals surface area contributed by atoms with E-state index >= 15 is 0 Å². The molecule has 2 N–H and O–H groups in total. The van der Waals surface area contributed by atoms with Crippen LogP contribution in [0.1, 0.15) is 30.6 Å². The molecule has 2 rings (SSSR count). The van der Waals surface area contributed by atoms with Gasteiger partial charge in [0.15, 0.2) is 0 Å². The number of nitrogens with one attached hydrogen (secondary N) is 1. The van der Waals surface area contributed by atoms with Crippen LogP contribution >= 0.6 is 0 Å². The van der Waals surface area contributed by atoms with Gasteiger partial charge in [-0.1, -0.05) is 36.4 Å². The summed E-state index contributed by atoms with van der Waals surface area (Å²) in [6.07, 6.45) is 2.48. The maximum absolute atomic E-state index is 12.2. The minimum absolute atomic E-state index is 0.183. The first kappa shape index (κ1) is 16.7. The predicted octanol–water partition coefficient (Wildman–Crippen LogP) is 2.59. The lowest BCUT2D eigenvalue weighted by atomic mass is 9.94. The van der Waals surface area contributed by atoms with Crippen molar-refractivity contribution < 1.29 is 14.7 Å². The van der Waals surface area contributed by atoms with Crippen molar-refractivity contribution in [2.75, 3.05) is 0 Å². The molecule has 2 unspecified atom stereocenters. The maximum atomic E-state index is 12.2. The first-order valence-corrected chi connectivity index (χ1v) is 7.55. The number of hydrogen-bond acceptors (Lipinski definition) is 3. The van der Waals surface area contributed by atoms with Crippen molar-refractivity contribution in [2.24, 2.45) is 5.92 Å². The Hall–Kier alpha value is -2.69. The van der Waals surface area contributed by atoms with E-state index < -0.39 is 17.9 Å². The molecule has 0 saturated heterocycles. The zero-order valence-electron chi connectivity index (χ0n) is 13.0. The quantitative estimate of drug-likeness (QED) is 0.823. The van der Waals surface area contributed by atoms with Crippen LogP contribution in [0.4, 0.5) is 0 Å². The van der Waals surface area contributed by atoms with Gasteiger partial charge in [0.2, 0.25) is 5.91 Å². The summed E-state index contributed by atoms with van der Waals surface area (Å²) in [5.41, 5.74) is 1.62. The molecule has 2 aromatic rings. The lowest BCUT2D eigenvalue weighted by molar-refractivity contribution is -0.142. The van der Waals surface area contributed by atoms with Crippen molar-refractivity contribution in [3.05, 3.63) is 66.0 Å². The first-order valence-electron chi connectivity index (χ1n) is 7.55. The Bertz CT molecular complexity index is 644. The monoisotopic (exact) mass is 312 g/mol. The lowest BCUT2D eigenvalue weighted by Crippen LogP contribution is -2.35. The van der Waals surface area contributed by atoms with Crippen molar-refractivity contribution in [2.45, 2.75) is 25.8 Å². The molecule has 0 fully saturated rings. The Morgan fingerprint density at radius 3 is 2.43 bits per heavy atom. The molecule has 0 spiro atoms. The number of pyridine rings is 1. The number of nitrogens with zero attached hydrogens (tertiary/aromatic N) is 1. The van der Waals surface area contributed by atoms with Crippen molar-refractivity contribution in [1.29, 1.82) is 0 Å². The smallest absolute Gasteiger partial charge is 0.308 e. The van der Waals surface area contributed by atoms with E-state index in [0.29, 0.717) is 6.42 Å². The topological polar surface area (TPSA) is 79.3 Å². The molecule has 5 heteroatoms. The van der Waals surface area contributed by atoms with Crippen LogP contribution in [-0.4, -0.2) is 22.0 Å². The van der Waals surface area contributed by atoms with Gasteiger partial charge in [0, 0.05) is 18.3 Å². The highest BCUT2D eigenvalue weighted by atomic mass is 16.4. The van der Waals surface area contributed by atoms with Gasteiger partial charge in [0.05, 0.1) is 12.0 Å². The number of hydrogen-bond donors (Lipinski definition) is 2. The Morgan fingerprint density at radius 1 is 1.13 bits per heavy atom. The SMILES string of the molecule is CC(C(=O)O)C(NC(=O)CCc1ccccn1)c1ccccc1. The molecule has 0 aliphatic carbocycles. The summed E-state index contributed by atoms with van der Waals surface area (Å²) in [5, 5.41) is 12.1. The molecule has 0 aliphatic heterocycles. The number of benzene rings is 1. The van der Waals surface area contributed by atoms with Gasteiger partial charge in [-0.3, -0.25) is 14.6 Å². The van der Waals surface area contributed by atoms with Crippen molar-refractivity contribution >= 4 is 11.9 Å². The number of rotatable bonds is 7. The van der Waals surface area contributed by atoms with Crippen molar-refractivity contribution in [1.82, 2.24) is 10.3 Å². The van der Waals surface area contributed by atoms with Crippen LogP contribution in [-0.2, 0) is 16.0 Å². The molecule has 1 amide bonds. The number of aromatic nitrogens is 1. The van der Waals surface area contributed by atoms with Gasteiger partial charge < -0.3 is 10.4 Å². The third-order valence-electron chi connectivity index (χ3n) is 3.70. The number of amides is 1. The van der Waals surface area contributed by atoms with Gasteiger partial charge in [-0.2, -0.15) is 0 Å². The third kappa shape index (κ3) is 4.92. The molecule has 0 saturated carbocycles. The number of aryl methyl sites for hydroxylation is 1. The molecule has 1 aromatic heterocycles. The van der Waals surface area contributed by atoms with Crippen LogP contribution in [0.3, 0.4) is 0 Å². The van der Waals surface area contributed by atoms with Gasteiger partial charge in [-0.25, -0.2) is 0 Å². The minimum atomic E-state index is -0.941.